The molecule has 3 N–H and O–H groups in total. The number of hydrogen-bond acceptors (Lipinski definition) is 4. The first-order chi connectivity index (χ1) is 13.6. The summed E-state index contributed by atoms with van der Waals surface area (Å²) in [5, 5.41) is 7.61. The van der Waals surface area contributed by atoms with Crippen LogP contribution in [-0.4, -0.2) is 23.6 Å². The van der Waals surface area contributed by atoms with E-state index in [4.69, 9.17) is 5.73 Å². The van der Waals surface area contributed by atoms with E-state index in [0.717, 1.165) is 18.2 Å². The van der Waals surface area contributed by atoms with Crippen molar-refractivity contribution < 1.29 is 27.2 Å². The molecule has 2 amide bonds. The molecule has 0 spiro atoms. The second-order valence-corrected chi connectivity index (χ2v) is 6.47. The van der Waals surface area contributed by atoms with E-state index >= 15 is 0 Å². The molecule has 2 aromatic rings. The van der Waals surface area contributed by atoms with E-state index in [1.165, 1.54) is 36.2 Å². The van der Waals surface area contributed by atoms with Gasteiger partial charge in [0.2, 0.25) is 5.91 Å². The van der Waals surface area contributed by atoms with Gasteiger partial charge in [-0.05, 0) is 48.9 Å². The third-order valence-electron chi connectivity index (χ3n) is 4.39. The Morgan fingerprint density at radius 3 is 2.41 bits per heavy atom. The van der Waals surface area contributed by atoms with Crippen LogP contribution in [0.2, 0.25) is 0 Å². The molecule has 1 heterocycles. The van der Waals surface area contributed by atoms with Gasteiger partial charge in [-0.15, -0.1) is 0 Å². The molecule has 10 heteroatoms. The number of halogens is 4. The van der Waals surface area contributed by atoms with E-state index in [-0.39, 0.29) is 23.4 Å². The molecule has 0 aliphatic carbocycles. The Kier molecular flexibility index (Phi) is 5.27. The van der Waals surface area contributed by atoms with Crippen molar-refractivity contribution in [3.8, 4) is 0 Å². The number of nitrogens with two attached hydrogens (primary N) is 1. The molecule has 1 aliphatic rings. The van der Waals surface area contributed by atoms with Gasteiger partial charge < -0.3 is 11.1 Å². The molecular weight excluding hydrogens is 392 g/mol. The molecule has 0 bridgehead atoms. The summed E-state index contributed by atoms with van der Waals surface area (Å²) in [5.41, 5.74) is 4.71. The Bertz CT molecular complexity index is 987. The van der Waals surface area contributed by atoms with Gasteiger partial charge in [-0.3, -0.25) is 14.6 Å². The van der Waals surface area contributed by atoms with Crippen molar-refractivity contribution >= 4 is 28.9 Å². The lowest BCUT2D eigenvalue weighted by atomic mass is 10.1. The van der Waals surface area contributed by atoms with Gasteiger partial charge in [0.15, 0.2) is 0 Å². The van der Waals surface area contributed by atoms with Crippen LogP contribution in [0.1, 0.15) is 17.5 Å². The van der Waals surface area contributed by atoms with Crippen molar-refractivity contribution in [2.45, 2.75) is 25.6 Å². The average molecular weight is 408 g/mol. The van der Waals surface area contributed by atoms with Crippen LogP contribution < -0.4 is 16.1 Å². The first kappa shape index (κ1) is 20.3. The number of primary amides is 1. The van der Waals surface area contributed by atoms with Crippen LogP contribution in [0.5, 0.6) is 0 Å². The minimum atomic E-state index is -4.56. The number of benzene rings is 2. The molecule has 6 nitrogen and oxygen atoms in total. The molecule has 1 unspecified atom stereocenters. The maximum absolute atomic E-state index is 13.1. The molecule has 2 aromatic carbocycles. The van der Waals surface area contributed by atoms with Crippen LogP contribution in [0.4, 0.5) is 28.9 Å². The number of alkyl halides is 3. The Hall–Kier alpha value is -3.43. The zero-order valence-corrected chi connectivity index (χ0v) is 15.1. The molecule has 0 saturated carbocycles. The van der Waals surface area contributed by atoms with Crippen molar-refractivity contribution in [3.05, 3.63) is 59.4 Å². The van der Waals surface area contributed by atoms with E-state index in [0.29, 0.717) is 5.69 Å². The quantitative estimate of drug-likeness (QED) is 0.762. The lowest BCUT2D eigenvalue weighted by molar-refractivity contribution is -0.138. The van der Waals surface area contributed by atoms with Crippen molar-refractivity contribution in [1.82, 2.24) is 0 Å². The molecular formula is C19H16F4N4O2. The Morgan fingerprint density at radius 2 is 1.83 bits per heavy atom. The van der Waals surface area contributed by atoms with E-state index in [2.05, 4.69) is 10.4 Å². The molecule has 0 fully saturated rings. The fourth-order valence-corrected chi connectivity index (χ4v) is 2.91. The fourth-order valence-electron chi connectivity index (χ4n) is 2.91. The fraction of sp³-hybridized carbons (Fsp3) is 0.211. The van der Waals surface area contributed by atoms with Crippen LogP contribution in [0, 0.1) is 12.7 Å². The summed E-state index contributed by atoms with van der Waals surface area (Å²) in [7, 11) is 0. The second-order valence-electron chi connectivity index (χ2n) is 6.47. The predicted molar refractivity (Wildman–Crippen MR) is 98.7 cm³/mol. The van der Waals surface area contributed by atoms with Crippen molar-refractivity contribution in [2.24, 2.45) is 10.8 Å². The first-order valence-corrected chi connectivity index (χ1v) is 8.47. The van der Waals surface area contributed by atoms with Crippen molar-refractivity contribution in [2.75, 3.05) is 10.3 Å². The molecule has 1 atom stereocenters. The summed E-state index contributed by atoms with van der Waals surface area (Å²) in [5.74, 6) is -2.02. The number of nitrogens with zero attached hydrogens (tertiary/aromatic N) is 2. The maximum atomic E-state index is 13.1. The number of rotatable bonds is 4. The monoisotopic (exact) mass is 408 g/mol. The lowest BCUT2D eigenvalue weighted by Gasteiger charge is -2.20. The van der Waals surface area contributed by atoms with Crippen LogP contribution in [-0.2, 0) is 15.8 Å². The van der Waals surface area contributed by atoms with Crippen LogP contribution >= 0.6 is 0 Å². The van der Waals surface area contributed by atoms with Gasteiger partial charge in [-0.25, -0.2) is 4.39 Å². The highest BCUT2D eigenvalue weighted by Gasteiger charge is 2.36. The van der Waals surface area contributed by atoms with Crippen molar-refractivity contribution in [3.63, 3.8) is 0 Å². The summed E-state index contributed by atoms with van der Waals surface area (Å²) in [6, 6.07) is 7.47. The zero-order chi connectivity index (χ0) is 21.3. The largest absolute Gasteiger partial charge is 0.416 e. The van der Waals surface area contributed by atoms with Gasteiger partial charge in [0, 0.05) is 12.1 Å². The summed E-state index contributed by atoms with van der Waals surface area (Å²) < 4.78 is 52.3. The lowest BCUT2D eigenvalue weighted by Crippen LogP contribution is -2.39. The van der Waals surface area contributed by atoms with Crippen LogP contribution in [0.15, 0.2) is 47.6 Å². The third kappa shape index (κ3) is 4.36. The Balaban J connectivity index is 1.85. The molecule has 152 valence electrons. The van der Waals surface area contributed by atoms with Crippen molar-refractivity contribution in [1.29, 1.82) is 0 Å². The Morgan fingerprint density at radius 1 is 1.17 bits per heavy atom. The van der Waals surface area contributed by atoms with Gasteiger partial charge >= 0.3 is 6.18 Å². The first-order valence-electron chi connectivity index (χ1n) is 8.47. The number of hydrazone groups is 1. The minimum absolute atomic E-state index is 0.0185. The third-order valence-corrected chi connectivity index (χ3v) is 4.39. The topological polar surface area (TPSA) is 87.8 Å². The van der Waals surface area contributed by atoms with Gasteiger partial charge in [-0.2, -0.15) is 18.3 Å². The molecule has 0 saturated heterocycles. The van der Waals surface area contributed by atoms with E-state index < -0.39 is 35.4 Å². The molecule has 0 aromatic heterocycles. The van der Waals surface area contributed by atoms with E-state index in [9.17, 15) is 27.2 Å². The summed E-state index contributed by atoms with van der Waals surface area (Å²) in [4.78, 5) is 24.2. The SMILES string of the molecule is Cc1ccc(NC(=O)C2=NN(c3ccc(F)cc3)C(C(N)=O)C2)cc1C(F)(F)F. The highest BCUT2D eigenvalue weighted by Crippen LogP contribution is 2.33. The summed E-state index contributed by atoms with van der Waals surface area (Å²) in [6.45, 7) is 1.31. The minimum Gasteiger partial charge on any atom is -0.368 e. The predicted octanol–water partition coefficient (Wildman–Crippen LogP) is 3.21. The van der Waals surface area contributed by atoms with Gasteiger partial charge in [0.25, 0.3) is 5.91 Å². The molecule has 0 radical (unpaired) electrons. The maximum Gasteiger partial charge on any atom is 0.416 e. The highest BCUT2D eigenvalue weighted by atomic mass is 19.4. The zero-order valence-electron chi connectivity index (χ0n) is 15.1. The number of carbonyl (C=O) groups excluding carboxylic acids is 2. The van der Waals surface area contributed by atoms with Gasteiger partial charge in [0.1, 0.15) is 17.6 Å². The average Bonchev–Trinajstić information content (AvgIpc) is 3.09. The number of nitrogens with one attached hydrogen (secondary N) is 1. The van der Waals surface area contributed by atoms with Gasteiger partial charge in [0.05, 0.1) is 11.3 Å². The smallest absolute Gasteiger partial charge is 0.368 e. The van der Waals surface area contributed by atoms with Gasteiger partial charge in [-0.1, -0.05) is 6.07 Å². The Labute approximate surface area is 163 Å². The standard InChI is InChI=1S/C19H16F4N4O2/c1-10-2-5-12(8-14(10)19(21,22)23)25-18(29)15-9-16(17(24)28)27(26-15)13-6-3-11(20)4-7-13/h2-8,16H,9H2,1H3,(H2,24,28)(H,25,29). The van der Waals surface area contributed by atoms with E-state index in [1.807, 2.05) is 0 Å². The molecule has 1 aliphatic heterocycles. The number of anilines is 2. The normalized spacial score (nSPS) is 16.5. The number of carbonyl (C=O) groups is 2. The molecule has 3 rings (SSSR count). The van der Waals surface area contributed by atoms with Crippen LogP contribution in [0.25, 0.3) is 0 Å². The second kappa shape index (κ2) is 7.53. The number of aryl methyl sites for hydroxylation is 1. The summed E-state index contributed by atoms with van der Waals surface area (Å²) in [6.07, 6.45) is -4.71. The van der Waals surface area contributed by atoms with E-state index in [1.54, 1.807) is 0 Å². The highest BCUT2D eigenvalue weighted by molar-refractivity contribution is 6.44. The van der Waals surface area contributed by atoms with Crippen LogP contribution in [0.3, 0.4) is 0 Å². The number of hydrogen-bond donors (Lipinski definition) is 2. The summed E-state index contributed by atoms with van der Waals surface area (Å²) >= 11 is 0. The molecule has 29 heavy (non-hydrogen) atoms. The number of amides is 2.